The van der Waals surface area contributed by atoms with Crippen LogP contribution >= 0.6 is 11.6 Å². The fraction of sp³-hybridized carbons (Fsp3) is 0.154. The molecule has 0 spiro atoms. The number of amides is 2. The standard InChI is InChI=1S/C26H24ClN3O3/c1-16-21(27)9-6-10-22(16)28-24-23(17-11-13-20(33-4)14-12-17)25(31)30(26(24)32)19-8-5-7-18(15-19)29(2)3/h5-15,28H,1-4H3. The van der Waals surface area contributed by atoms with Gasteiger partial charge in [0.25, 0.3) is 11.8 Å². The molecule has 33 heavy (non-hydrogen) atoms. The molecule has 0 fully saturated rings. The number of ether oxygens (including phenoxy) is 1. The lowest BCUT2D eigenvalue weighted by Gasteiger charge is -2.19. The Kier molecular flexibility index (Phi) is 6.11. The van der Waals surface area contributed by atoms with E-state index in [1.807, 2.05) is 50.2 Å². The van der Waals surface area contributed by atoms with Gasteiger partial charge in [0, 0.05) is 30.5 Å². The van der Waals surface area contributed by atoms with Gasteiger partial charge in [-0.05, 0) is 60.5 Å². The van der Waals surface area contributed by atoms with Crippen LogP contribution in [0.4, 0.5) is 17.1 Å². The van der Waals surface area contributed by atoms with Crippen LogP contribution in [0.15, 0.2) is 72.4 Å². The number of carbonyl (C=O) groups is 2. The molecule has 7 heteroatoms. The van der Waals surface area contributed by atoms with Gasteiger partial charge in [0.15, 0.2) is 0 Å². The number of nitrogens with zero attached hydrogens (tertiary/aromatic N) is 2. The van der Waals surface area contributed by atoms with Gasteiger partial charge in [0.1, 0.15) is 11.4 Å². The number of hydrogen-bond acceptors (Lipinski definition) is 5. The van der Waals surface area contributed by atoms with Crippen molar-refractivity contribution in [2.75, 3.05) is 36.3 Å². The molecule has 2 amide bonds. The Balaban J connectivity index is 1.84. The van der Waals surface area contributed by atoms with Crippen molar-refractivity contribution >= 4 is 46.1 Å². The lowest BCUT2D eigenvalue weighted by molar-refractivity contribution is -0.120. The average molecular weight is 462 g/mol. The van der Waals surface area contributed by atoms with E-state index in [1.165, 1.54) is 4.90 Å². The smallest absolute Gasteiger partial charge is 0.282 e. The molecule has 0 bridgehead atoms. The van der Waals surface area contributed by atoms with Gasteiger partial charge in [-0.15, -0.1) is 0 Å². The van der Waals surface area contributed by atoms with Gasteiger partial charge in [-0.3, -0.25) is 9.59 Å². The molecule has 1 aliphatic heterocycles. The maximum Gasteiger partial charge on any atom is 0.282 e. The van der Waals surface area contributed by atoms with Crippen LogP contribution in [0, 0.1) is 6.92 Å². The third-order valence-corrected chi connectivity index (χ3v) is 6.00. The zero-order valence-corrected chi connectivity index (χ0v) is 19.6. The number of methoxy groups -OCH3 is 1. The third-order valence-electron chi connectivity index (χ3n) is 5.59. The van der Waals surface area contributed by atoms with Gasteiger partial charge in [-0.1, -0.05) is 35.9 Å². The van der Waals surface area contributed by atoms with Crippen molar-refractivity contribution in [3.63, 3.8) is 0 Å². The van der Waals surface area contributed by atoms with Crippen molar-refractivity contribution in [3.8, 4) is 5.75 Å². The molecule has 0 aromatic heterocycles. The highest BCUT2D eigenvalue weighted by molar-refractivity contribution is 6.46. The molecular formula is C26H24ClN3O3. The highest BCUT2D eigenvalue weighted by Gasteiger charge is 2.40. The summed E-state index contributed by atoms with van der Waals surface area (Å²) >= 11 is 6.29. The first-order valence-corrected chi connectivity index (χ1v) is 10.8. The molecule has 0 atom stereocenters. The first-order valence-electron chi connectivity index (χ1n) is 10.4. The predicted molar refractivity (Wildman–Crippen MR) is 133 cm³/mol. The van der Waals surface area contributed by atoms with Crippen LogP contribution in [0.5, 0.6) is 5.75 Å². The summed E-state index contributed by atoms with van der Waals surface area (Å²) in [6, 6.07) is 19.8. The molecule has 0 aliphatic carbocycles. The molecule has 0 saturated heterocycles. The van der Waals surface area contributed by atoms with E-state index >= 15 is 0 Å². The monoisotopic (exact) mass is 461 g/mol. The van der Waals surface area contributed by atoms with Crippen molar-refractivity contribution in [1.29, 1.82) is 0 Å². The summed E-state index contributed by atoms with van der Waals surface area (Å²) in [5.74, 6) is -0.170. The number of halogens is 1. The topological polar surface area (TPSA) is 61.9 Å². The van der Waals surface area contributed by atoms with E-state index in [0.717, 1.165) is 11.3 Å². The SMILES string of the molecule is COc1ccc(C2=C(Nc3cccc(Cl)c3C)C(=O)N(c3cccc(N(C)C)c3)C2=O)cc1. The van der Waals surface area contributed by atoms with Crippen LogP contribution in [0.2, 0.25) is 5.02 Å². The van der Waals surface area contributed by atoms with Crippen molar-refractivity contribution in [2.45, 2.75) is 6.92 Å². The summed E-state index contributed by atoms with van der Waals surface area (Å²) < 4.78 is 5.24. The van der Waals surface area contributed by atoms with Crippen LogP contribution in [0.1, 0.15) is 11.1 Å². The Bertz CT molecular complexity index is 1270. The quantitative estimate of drug-likeness (QED) is 0.516. The number of anilines is 3. The minimum Gasteiger partial charge on any atom is -0.497 e. The third kappa shape index (κ3) is 4.17. The number of rotatable bonds is 6. The highest BCUT2D eigenvalue weighted by Crippen LogP contribution is 2.36. The molecule has 0 unspecified atom stereocenters. The first kappa shape index (κ1) is 22.4. The van der Waals surface area contributed by atoms with Crippen molar-refractivity contribution in [2.24, 2.45) is 0 Å². The van der Waals surface area contributed by atoms with E-state index < -0.39 is 11.8 Å². The van der Waals surface area contributed by atoms with Crippen LogP contribution in [0.3, 0.4) is 0 Å². The first-order chi connectivity index (χ1) is 15.8. The number of nitrogens with one attached hydrogen (secondary N) is 1. The Morgan fingerprint density at radius 3 is 2.30 bits per heavy atom. The second-order valence-electron chi connectivity index (χ2n) is 7.88. The van der Waals surface area contributed by atoms with E-state index in [9.17, 15) is 9.59 Å². The van der Waals surface area contributed by atoms with Gasteiger partial charge in [0.05, 0.1) is 18.4 Å². The maximum absolute atomic E-state index is 13.6. The molecule has 168 valence electrons. The molecule has 0 saturated carbocycles. The fourth-order valence-electron chi connectivity index (χ4n) is 3.69. The Hall–Kier alpha value is -3.77. The number of imide groups is 1. The molecular weight excluding hydrogens is 438 g/mol. The number of carbonyl (C=O) groups excluding carboxylic acids is 2. The molecule has 1 N–H and O–H groups in total. The highest BCUT2D eigenvalue weighted by atomic mass is 35.5. The molecule has 1 heterocycles. The van der Waals surface area contributed by atoms with Gasteiger partial charge < -0.3 is 15.0 Å². The van der Waals surface area contributed by atoms with Crippen LogP contribution < -0.4 is 19.9 Å². The summed E-state index contributed by atoms with van der Waals surface area (Å²) in [4.78, 5) is 30.4. The molecule has 3 aromatic rings. The molecule has 1 aliphatic rings. The van der Waals surface area contributed by atoms with E-state index in [-0.39, 0.29) is 11.3 Å². The average Bonchev–Trinajstić information content (AvgIpc) is 3.06. The van der Waals surface area contributed by atoms with Gasteiger partial charge in [0.2, 0.25) is 0 Å². The largest absolute Gasteiger partial charge is 0.497 e. The van der Waals surface area contributed by atoms with Crippen LogP contribution in [0.25, 0.3) is 5.57 Å². The molecule has 3 aromatic carbocycles. The van der Waals surface area contributed by atoms with Crippen LogP contribution in [-0.4, -0.2) is 33.0 Å². The zero-order valence-electron chi connectivity index (χ0n) is 18.8. The van der Waals surface area contributed by atoms with E-state index in [1.54, 1.807) is 49.6 Å². The number of benzene rings is 3. The summed E-state index contributed by atoms with van der Waals surface area (Å²) in [6.45, 7) is 1.86. The van der Waals surface area contributed by atoms with E-state index in [2.05, 4.69) is 5.32 Å². The predicted octanol–water partition coefficient (Wildman–Crippen LogP) is 5.12. The van der Waals surface area contributed by atoms with Gasteiger partial charge >= 0.3 is 0 Å². The normalized spacial score (nSPS) is 13.5. The van der Waals surface area contributed by atoms with Crippen molar-refractivity contribution in [1.82, 2.24) is 0 Å². The fourth-order valence-corrected chi connectivity index (χ4v) is 3.87. The zero-order chi connectivity index (χ0) is 23.7. The Labute approximate surface area is 198 Å². The minimum atomic E-state index is -0.430. The summed E-state index contributed by atoms with van der Waals surface area (Å²) in [5.41, 5.74) is 3.93. The second kappa shape index (κ2) is 9.00. The van der Waals surface area contributed by atoms with Gasteiger partial charge in [-0.2, -0.15) is 0 Å². The second-order valence-corrected chi connectivity index (χ2v) is 8.28. The summed E-state index contributed by atoms with van der Waals surface area (Å²) in [5, 5.41) is 3.75. The Morgan fingerprint density at radius 1 is 0.939 bits per heavy atom. The maximum atomic E-state index is 13.6. The summed E-state index contributed by atoms with van der Waals surface area (Å²) in [6.07, 6.45) is 0. The van der Waals surface area contributed by atoms with Gasteiger partial charge in [-0.25, -0.2) is 4.90 Å². The minimum absolute atomic E-state index is 0.200. The molecule has 4 rings (SSSR count). The van der Waals surface area contributed by atoms with Crippen LogP contribution in [-0.2, 0) is 9.59 Å². The van der Waals surface area contributed by atoms with Crippen molar-refractivity contribution in [3.05, 3.63) is 88.6 Å². The lowest BCUT2D eigenvalue weighted by atomic mass is 10.0. The lowest BCUT2D eigenvalue weighted by Crippen LogP contribution is -2.32. The summed E-state index contributed by atoms with van der Waals surface area (Å²) in [7, 11) is 5.39. The van der Waals surface area contributed by atoms with E-state index in [0.29, 0.717) is 27.7 Å². The molecule has 6 nitrogen and oxygen atoms in total. The molecule has 0 radical (unpaired) electrons. The number of hydrogen-bond donors (Lipinski definition) is 1. The Morgan fingerprint density at radius 2 is 1.64 bits per heavy atom. The van der Waals surface area contributed by atoms with Crippen molar-refractivity contribution < 1.29 is 14.3 Å². The van der Waals surface area contributed by atoms with E-state index in [4.69, 9.17) is 16.3 Å².